The number of benzene rings is 2. The summed E-state index contributed by atoms with van der Waals surface area (Å²) in [4.78, 5) is 0. The fourth-order valence-electron chi connectivity index (χ4n) is 1.38. The van der Waals surface area contributed by atoms with Crippen LogP contribution in [0.15, 0.2) is 53.6 Å². The molecule has 0 atom stereocenters. The summed E-state index contributed by atoms with van der Waals surface area (Å²) >= 11 is 5.85. The second-order valence-electron chi connectivity index (χ2n) is 3.61. The molecule has 2 rings (SSSR count). The van der Waals surface area contributed by atoms with Gasteiger partial charge in [0.2, 0.25) is 0 Å². The molecular weight excluding hydrogens is 246 g/mol. The van der Waals surface area contributed by atoms with Gasteiger partial charge in [-0.05, 0) is 35.9 Å². The Kier molecular flexibility index (Phi) is 3.95. The highest BCUT2D eigenvalue weighted by Crippen LogP contribution is 2.14. The van der Waals surface area contributed by atoms with E-state index in [2.05, 4.69) is 16.6 Å². The van der Waals surface area contributed by atoms with Crippen LogP contribution in [0.3, 0.4) is 0 Å². The zero-order valence-electron chi connectivity index (χ0n) is 9.47. The van der Waals surface area contributed by atoms with Crippen molar-refractivity contribution in [2.24, 2.45) is 5.10 Å². The number of nitriles is 1. The van der Waals surface area contributed by atoms with Gasteiger partial charge in [0.15, 0.2) is 0 Å². The van der Waals surface area contributed by atoms with Crippen molar-refractivity contribution in [3.63, 3.8) is 0 Å². The zero-order chi connectivity index (χ0) is 12.8. The van der Waals surface area contributed by atoms with Gasteiger partial charge in [-0.3, -0.25) is 5.43 Å². The van der Waals surface area contributed by atoms with Crippen LogP contribution in [0.2, 0.25) is 5.02 Å². The van der Waals surface area contributed by atoms with Gasteiger partial charge in [0, 0.05) is 5.02 Å². The molecule has 0 radical (unpaired) electrons. The van der Waals surface area contributed by atoms with Gasteiger partial charge < -0.3 is 0 Å². The lowest BCUT2D eigenvalue weighted by Gasteiger charge is -1.99. The van der Waals surface area contributed by atoms with Crippen LogP contribution < -0.4 is 5.43 Å². The maximum absolute atomic E-state index is 8.67. The van der Waals surface area contributed by atoms with Crippen molar-refractivity contribution in [2.45, 2.75) is 0 Å². The minimum atomic E-state index is 0.634. The first-order valence-electron chi connectivity index (χ1n) is 5.33. The largest absolute Gasteiger partial charge is 0.278 e. The van der Waals surface area contributed by atoms with E-state index in [4.69, 9.17) is 16.9 Å². The van der Waals surface area contributed by atoms with Crippen LogP contribution >= 0.6 is 11.6 Å². The number of hydrazone groups is 1. The van der Waals surface area contributed by atoms with Gasteiger partial charge in [0.1, 0.15) is 0 Å². The first-order valence-corrected chi connectivity index (χ1v) is 5.70. The summed E-state index contributed by atoms with van der Waals surface area (Å²) in [6, 6.07) is 16.6. The number of hydrogen-bond donors (Lipinski definition) is 1. The van der Waals surface area contributed by atoms with E-state index in [0.717, 1.165) is 11.3 Å². The molecule has 0 aliphatic heterocycles. The summed E-state index contributed by atoms with van der Waals surface area (Å²) in [5.41, 5.74) is 5.26. The van der Waals surface area contributed by atoms with Crippen molar-refractivity contribution < 1.29 is 0 Å². The Morgan fingerprint density at radius 1 is 1.17 bits per heavy atom. The fourth-order valence-corrected chi connectivity index (χ4v) is 1.57. The molecule has 0 amide bonds. The minimum absolute atomic E-state index is 0.634. The SMILES string of the molecule is N#Cc1ccc(C=NNc2cccc(Cl)c2)cc1. The molecule has 0 aliphatic carbocycles. The van der Waals surface area contributed by atoms with E-state index in [9.17, 15) is 0 Å². The third kappa shape index (κ3) is 3.34. The first-order chi connectivity index (χ1) is 8.78. The van der Waals surface area contributed by atoms with Gasteiger partial charge in [-0.1, -0.05) is 29.8 Å². The molecule has 0 heterocycles. The average molecular weight is 256 g/mol. The molecule has 0 bridgehead atoms. The Labute approximate surface area is 110 Å². The molecule has 88 valence electrons. The maximum Gasteiger partial charge on any atom is 0.0991 e. The summed E-state index contributed by atoms with van der Waals surface area (Å²) in [7, 11) is 0. The molecule has 0 unspecified atom stereocenters. The van der Waals surface area contributed by atoms with Gasteiger partial charge >= 0.3 is 0 Å². The van der Waals surface area contributed by atoms with Crippen LogP contribution in [0.25, 0.3) is 0 Å². The van der Waals surface area contributed by atoms with Crippen LogP contribution in [0.4, 0.5) is 5.69 Å². The van der Waals surface area contributed by atoms with Crippen LogP contribution in [0.5, 0.6) is 0 Å². The molecule has 0 saturated carbocycles. The number of anilines is 1. The van der Waals surface area contributed by atoms with Gasteiger partial charge in [-0.15, -0.1) is 0 Å². The normalized spacial score (nSPS) is 10.2. The molecule has 18 heavy (non-hydrogen) atoms. The van der Waals surface area contributed by atoms with Crippen molar-refractivity contribution in [1.82, 2.24) is 0 Å². The highest BCUT2D eigenvalue weighted by atomic mass is 35.5. The molecule has 1 N–H and O–H groups in total. The average Bonchev–Trinajstić information content (AvgIpc) is 2.40. The Balaban J connectivity index is 2.01. The molecule has 2 aromatic carbocycles. The molecule has 4 heteroatoms. The van der Waals surface area contributed by atoms with E-state index in [1.54, 1.807) is 30.5 Å². The second kappa shape index (κ2) is 5.85. The van der Waals surface area contributed by atoms with Crippen molar-refractivity contribution in [2.75, 3.05) is 5.43 Å². The molecule has 2 aromatic rings. The standard InChI is InChI=1S/C14H10ClN3/c15-13-2-1-3-14(8-13)18-17-10-12-6-4-11(9-16)5-7-12/h1-8,10,18H. The van der Waals surface area contributed by atoms with Crippen molar-refractivity contribution in [1.29, 1.82) is 5.26 Å². The second-order valence-corrected chi connectivity index (χ2v) is 4.05. The van der Waals surface area contributed by atoms with Crippen molar-refractivity contribution in [3.8, 4) is 6.07 Å². The Morgan fingerprint density at radius 2 is 1.94 bits per heavy atom. The van der Waals surface area contributed by atoms with Gasteiger partial charge in [0.25, 0.3) is 0 Å². The van der Waals surface area contributed by atoms with E-state index in [0.29, 0.717) is 10.6 Å². The van der Waals surface area contributed by atoms with E-state index >= 15 is 0 Å². The van der Waals surface area contributed by atoms with E-state index in [1.165, 1.54) is 0 Å². The van der Waals surface area contributed by atoms with Gasteiger partial charge in [0.05, 0.1) is 23.5 Å². The van der Waals surface area contributed by atoms with Crippen molar-refractivity contribution in [3.05, 3.63) is 64.7 Å². The summed E-state index contributed by atoms with van der Waals surface area (Å²) in [6.45, 7) is 0. The number of hydrogen-bond acceptors (Lipinski definition) is 3. The minimum Gasteiger partial charge on any atom is -0.278 e. The highest BCUT2D eigenvalue weighted by Gasteiger charge is 1.92. The Morgan fingerprint density at radius 3 is 2.61 bits per heavy atom. The van der Waals surface area contributed by atoms with E-state index < -0.39 is 0 Å². The third-order valence-corrected chi connectivity index (χ3v) is 2.51. The molecule has 0 aliphatic rings. The van der Waals surface area contributed by atoms with Gasteiger partial charge in [-0.25, -0.2) is 0 Å². The molecule has 0 aromatic heterocycles. The molecule has 0 fully saturated rings. The predicted molar refractivity (Wildman–Crippen MR) is 73.8 cm³/mol. The van der Waals surface area contributed by atoms with Crippen LogP contribution in [0, 0.1) is 11.3 Å². The van der Waals surface area contributed by atoms with Crippen LogP contribution in [-0.4, -0.2) is 6.21 Å². The summed E-state index contributed by atoms with van der Waals surface area (Å²) in [6.07, 6.45) is 1.68. The van der Waals surface area contributed by atoms with Crippen LogP contribution in [0.1, 0.15) is 11.1 Å². The molecule has 0 spiro atoms. The van der Waals surface area contributed by atoms with Gasteiger partial charge in [-0.2, -0.15) is 10.4 Å². The lowest BCUT2D eigenvalue weighted by atomic mass is 10.2. The Bertz CT molecular complexity index is 597. The number of nitrogens with zero attached hydrogens (tertiary/aromatic N) is 2. The molecule has 0 saturated heterocycles. The first kappa shape index (κ1) is 12.2. The van der Waals surface area contributed by atoms with Crippen LogP contribution in [-0.2, 0) is 0 Å². The lowest BCUT2D eigenvalue weighted by Crippen LogP contribution is -1.90. The zero-order valence-corrected chi connectivity index (χ0v) is 10.2. The summed E-state index contributed by atoms with van der Waals surface area (Å²) in [5.74, 6) is 0. The highest BCUT2D eigenvalue weighted by molar-refractivity contribution is 6.30. The van der Waals surface area contributed by atoms with E-state index in [-0.39, 0.29) is 0 Å². The quantitative estimate of drug-likeness (QED) is 0.672. The smallest absolute Gasteiger partial charge is 0.0991 e. The number of nitrogens with one attached hydrogen (secondary N) is 1. The summed E-state index contributed by atoms with van der Waals surface area (Å²) in [5, 5.41) is 13.4. The summed E-state index contributed by atoms with van der Waals surface area (Å²) < 4.78 is 0. The maximum atomic E-state index is 8.67. The molecular formula is C14H10ClN3. The number of halogens is 1. The fraction of sp³-hybridized carbons (Fsp3) is 0. The third-order valence-electron chi connectivity index (χ3n) is 2.27. The predicted octanol–water partition coefficient (Wildman–Crippen LogP) is 3.66. The number of rotatable bonds is 3. The molecule has 3 nitrogen and oxygen atoms in total. The topological polar surface area (TPSA) is 48.2 Å². The van der Waals surface area contributed by atoms with Crippen molar-refractivity contribution >= 4 is 23.5 Å². The Hall–Kier alpha value is -2.31. The lowest BCUT2D eigenvalue weighted by molar-refractivity contribution is 1.35. The van der Waals surface area contributed by atoms with E-state index in [1.807, 2.05) is 24.3 Å². The monoisotopic (exact) mass is 255 g/mol.